The first kappa shape index (κ1) is 20.7. The fourth-order valence-electron chi connectivity index (χ4n) is 2.17. The van der Waals surface area contributed by atoms with Crippen molar-refractivity contribution in [3.63, 3.8) is 0 Å². The van der Waals surface area contributed by atoms with Crippen LogP contribution >= 0.6 is 0 Å². The van der Waals surface area contributed by atoms with Gasteiger partial charge in [-0.05, 0) is 48.4 Å². The van der Waals surface area contributed by atoms with Crippen molar-refractivity contribution in [1.82, 2.24) is 4.72 Å². The summed E-state index contributed by atoms with van der Waals surface area (Å²) in [4.78, 5) is 10.2. The van der Waals surface area contributed by atoms with Crippen molar-refractivity contribution < 1.29 is 36.2 Å². The van der Waals surface area contributed by atoms with Gasteiger partial charge in [0.25, 0.3) is 0 Å². The highest BCUT2D eigenvalue weighted by Gasteiger charge is 2.30. The Hall–Kier alpha value is -2.59. The van der Waals surface area contributed by atoms with Gasteiger partial charge in [-0.2, -0.15) is 13.2 Å². The highest BCUT2D eigenvalue weighted by Crippen LogP contribution is 2.29. The summed E-state index contributed by atoms with van der Waals surface area (Å²) in [5.74, 6) is -0.787. The van der Waals surface area contributed by atoms with Crippen molar-refractivity contribution in [2.45, 2.75) is 17.5 Å². The van der Waals surface area contributed by atoms with E-state index < -0.39 is 34.3 Å². The second-order valence-electron chi connectivity index (χ2n) is 5.50. The zero-order valence-corrected chi connectivity index (χ0v) is 14.7. The number of carboxylic acid groups (broad SMARTS) is 1. The number of halogens is 3. The van der Waals surface area contributed by atoms with E-state index in [1.54, 1.807) is 24.3 Å². The Balaban J connectivity index is 1.96. The molecule has 0 amide bonds. The van der Waals surface area contributed by atoms with Crippen LogP contribution in [-0.2, 0) is 27.4 Å². The van der Waals surface area contributed by atoms with Crippen LogP contribution in [0.3, 0.4) is 0 Å². The average molecular weight is 403 g/mol. The Morgan fingerprint density at radius 1 is 1.11 bits per heavy atom. The van der Waals surface area contributed by atoms with Gasteiger partial charge in [0, 0.05) is 6.54 Å². The Morgan fingerprint density at radius 2 is 1.78 bits per heavy atom. The van der Waals surface area contributed by atoms with Crippen LogP contribution in [0.2, 0.25) is 0 Å². The Labute approximate surface area is 153 Å². The van der Waals surface area contributed by atoms with Crippen LogP contribution in [0.1, 0.15) is 11.1 Å². The maximum atomic E-state index is 12.5. The Kier molecular flexibility index (Phi) is 6.45. The number of sulfonamides is 1. The predicted molar refractivity (Wildman–Crippen MR) is 89.9 cm³/mol. The molecule has 2 aromatic carbocycles. The van der Waals surface area contributed by atoms with Crippen LogP contribution < -0.4 is 9.46 Å². The molecule has 10 heteroatoms. The lowest BCUT2D eigenvalue weighted by Crippen LogP contribution is -2.26. The molecule has 6 nitrogen and oxygen atoms in total. The molecule has 2 N–H and O–H groups in total. The first-order chi connectivity index (χ1) is 12.6. The number of benzene rings is 2. The number of carboxylic acids is 1. The van der Waals surface area contributed by atoms with Gasteiger partial charge >= 0.3 is 12.1 Å². The Morgan fingerprint density at radius 3 is 2.37 bits per heavy atom. The average Bonchev–Trinajstić information content (AvgIpc) is 2.59. The first-order valence-electron chi connectivity index (χ1n) is 7.68. The number of alkyl halides is 3. The van der Waals surface area contributed by atoms with Gasteiger partial charge in [0.1, 0.15) is 5.75 Å². The van der Waals surface area contributed by atoms with Crippen molar-refractivity contribution in [2.24, 2.45) is 0 Å². The number of carbonyl (C=O) groups is 1. The first-order valence-corrected chi connectivity index (χ1v) is 9.17. The molecule has 0 heterocycles. The lowest BCUT2D eigenvalue weighted by atomic mass is 10.1. The number of aliphatic carboxylic acids is 1. The van der Waals surface area contributed by atoms with E-state index in [4.69, 9.17) is 9.84 Å². The van der Waals surface area contributed by atoms with E-state index in [0.29, 0.717) is 23.4 Å². The summed E-state index contributed by atoms with van der Waals surface area (Å²) in [5.41, 5.74) is -0.229. The molecule has 0 bridgehead atoms. The van der Waals surface area contributed by atoms with Gasteiger partial charge in [0.2, 0.25) is 10.0 Å². The number of hydrogen-bond donors (Lipinski definition) is 2. The lowest BCUT2D eigenvalue weighted by molar-refractivity contribution is -0.139. The summed E-state index contributed by atoms with van der Waals surface area (Å²) < 4.78 is 69.2. The minimum atomic E-state index is -4.54. The normalized spacial score (nSPS) is 12.0. The third kappa shape index (κ3) is 6.26. The molecule has 0 aliphatic heterocycles. The molecule has 0 aliphatic carbocycles. The molecule has 0 saturated carbocycles. The smallest absolute Gasteiger partial charge is 0.416 e. The van der Waals surface area contributed by atoms with E-state index in [9.17, 15) is 26.4 Å². The maximum absolute atomic E-state index is 12.5. The second-order valence-corrected chi connectivity index (χ2v) is 7.27. The monoisotopic (exact) mass is 403 g/mol. The molecule has 0 radical (unpaired) electrons. The van der Waals surface area contributed by atoms with Crippen LogP contribution in [0.5, 0.6) is 5.75 Å². The van der Waals surface area contributed by atoms with E-state index in [1.807, 2.05) is 0 Å². The molecule has 0 atom stereocenters. The minimum absolute atomic E-state index is 0.00569. The molecule has 0 unspecified atom stereocenters. The summed E-state index contributed by atoms with van der Waals surface area (Å²) in [6, 6.07) is 9.69. The van der Waals surface area contributed by atoms with E-state index in [1.165, 1.54) is 0 Å². The zero-order valence-electron chi connectivity index (χ0n) is 13.9. The van der Waals surface area contributed by atoms with Gasteiger partial charge in [-0.15, -0.1) is 0 Å². The molecule has 27 heavy (non-hydrogen) atoms. The molecular formula is C17H16F3NO5S. The van der Waals surface area contributed by atoms with Gasteiger partial charge in [-0.1, -0.05) is 12.1 Å². The van der Waals surface area contributed by atoms with Gasteiger partial charge in [0.15, 0.2) is 6.61 Å². The topological polar surface area (TPSA) is 92.7 Å². The standard InChI is InChI=1S/C17H16F3NO5S/c18-17(19,20)13-4-6-15(7-5-13)27(24,25)21-9-8-12-2-1-3-14(10-12)26-11-16(22)23/h1-7,10,21H,8-9,11H2,(H,22,23). The SMILES string of the molecule is O=C(O)COc1cccc(CCNS(=O)(=O)c2ccc(C(F)(F)F)cc2)c1. The van der Waals surface area contributed by atoms with Gasteiger partial charge in [0.05, 0.1) is 10.5 Å². The molecule has 0 spiro atoms. The summed E-state index contributed by atoms with van der Waals surface area (Å²) in [5, 5.41) is 8.58. The van der Waals surface area contributed by atoms with Crippen molar-refractivity contribution in [3.05, 3.63) is 59.7 Å². The summed E-state index contributed by atoms with van der Waals surface area (Å²) >= 11 is 0. The Bertz CT molecular complexity index is 896. The van der Waals surface area contributed by atoms with Crippen LogP contribution in [-0.4, -0.2) is 32.6 Å². The summed E-state index contributed by atoms with van der Waals surface area (Å²) in [7, 11) is -3.95. The van der Waals surface area contributed by atoms with E-state index in [0.717, 1.165) is 12.1 Å². The minimum Gasteiger partial charge on any atom is -0.482 e. The van der Waals surface area contributed by atoms with Gasteiger partial charge in [-0.3, -0.25) is 0 Å². The third-order valence-corrected chi connectivity index (χ3v) is 4.94. The number of nitrogens with one attached hydrogen (secondary N) is 1. The largest absolute Gasteiger partial charge is 0.482 e. The molecule has 2 rings (SSSR count). The van der Waals surface area contributed by atoms with Crippen LogP contribution in [0.25, 0.3) is 0 Å². The van der Waals surface area contributed by atoms with E-state index in [2.05, 4.69) is 4.72 Å². The van der Waals surface area contributed by atoms with Crippen molar-refractivity contribution in [2.75, 3.05) is 13.2 Å². The molecule has 0 saturated heterocycles. The van der Waals surface area contributed by atoms with Crippen LogP contribution in [0.15, 0.2) is 53.4 Å². The highest BCUT2D eigenvalue weighted by atomic mass is 32.2. The number of rotatable bonds is 8. The van der Waals surface area contributed by atoms with Crippen molar-refractivity contribution >= 4 is 16.0 Å². The molecule has 2 aromatic rings. The lowest BCUT2D eigenvalue weighted by Gasteiger charge is -2.10. The summed E-state index contributed by atoms with van der Waals surface area (Å²) in [6.07, 6.45) is -4.26. The molecule has 0 aromatic heterocycles. The molecule has 146 valence electrons. The van der Waals surface area contributed by atoms with Crippen molar-refractivity contribution in [1.29, 1.82) is 0 Å². The molecule has 0 fully saturated rings. The van der Waals surface area contributed by atoms with Gasteiger partial charge in [-0.25, -0.2) is 17.9 Å². The quantitative estimate of drug-likeness (QED) is 0.707. The van der Waals surface area contributed by atoms with E-state index >= 15 is 0 Å². The fraction of sp³-hybridized carbons (Fsp3) is 0.235. The third-order valence-electron chi connectivity index (χ3n) is 3.46. The number of hydrogen-bond acceptors (Lipinski definition) is 4. The molecular weight excluding hydrogens is 387 g/mol. The van der Waals surface area contributed by atoms with Crippen LogP contribution in [0.4, 0.5) is 13.2 Å². The van der Waals surface area contributed by atoms with Gasteiger partial charge < -0.3 is 9.84 Å². The highest BCUT2D eigenvalue weighted by molar-refractivity contribution is 7.89. The molecule has 0 aliphatic rings. The zero-order chi connectivity index (χ0) is 20.1. The predicted octanol–water partition coefficient (Wildman–Crippen LogP) is 2.69. The van der Waals surface area contributed by atoms with Crippen LogP contribution in [0, 0.1) is 0 Å². The van der Waals surface area contributed by atoms with E-state index in [-0.39, 0.29) is 17.9 Å². The maximum Gasteiger partial charge on any atom is 0.416 e. The van der Waals surface area contributed by atoms with Crippen molar-refractivity contribution in [3.8, 4) is 5.75 Å². The summed E-state index contributed by atoms with van der Waals surface area (Å²) in [6.45, 7) is -0.490. The fourth-order valence-corrected chi connectivity index (χ4v) is 3.20. The second kappa shape index (κ2) is 8.40. The number of ether oxygens (including phenoxy) is 1.